The van der Waals surface area contributed by atoms with Gasteiger partial charge in [0.1, 0.15) is 0 Å². The van der Waals surface area contributed by atoms with Gasteiger partial charge in [-0.15, -0.1) is 35.0 Å². The Kier molecular flexibility index (Phi) is 8.07. The van der Waals surface area contributed by atoms with E-state index in [-0.39, 0.29) is 61.2 Å². The first-order valence-electron chi connectivity index (χ1n) is 7.42. The second-order valence-corrected chi connectivity index (χ2v) is 5.47. The molecule has 0 saturated carbocycles. The monoisotopic (exact) mass is 415 g/mol. The molecule has 1 amide bonds. The highest BCUT2D eigenvalue weighted by molar-refractivity contribution is 5.85. The Morgan fingerprint density at radius 3 is 2.77 bits per heavy atom. The van der Waals surface area contributed by atoms with E-state index in [1.807, 2.05) is 0 Å². The number of amides is 1. The van der Waals surface area contributed by atoms with Gasteiger partial charge in [-0.3, -0.25) is 9.20 Å². The van der Waals surface area contributed by atoms with E-state index in [9.17, 15) is 18.0 Å². The van der Waals surface area contributed by atoms with Crippen LogP contribution in [0.15, 0.2) is 18.3 Å². The largest absolute Gasteiger partial charge is 0.417 e. The molecule has 2 aromatic rings. The molecule has 1 aliphatic heterocycles. The van der Waals surface area contributed by atoms with Gasteiger partial charge in [-0.2, -0.15) is 13.2 Å². The maximum Gasteiger partial charge on any atom is 0.417 e. The Morgan fingerprint density at radius 1 is 1.35 bits per heavy atom. The molecule has 12 heteroatoms. The molecule has 26 heavy (non-hydrogen) atoms. The lowest BCUT2D eigenvalue weighted by molar-refractivity contribution is -0.137. The molecule has 1 atom stereocenters. The Labute approximate surface area is 159 Å². The van der Waals surface area contributed by atoms with Crippen molar-refractivity contribution >= 4 is 36.4 Å². The van der Waals surface area contributed by atoms with E-state index >= 15 is 0 Å². The van der Waals surface area contributed by atoms with Crippen molar-refractivity contribution in [2.75, 3.05) is 19.8 Å². The van der Waals surface area contributed by atoms with Gasteiger partial charge >= 0.3 is 6.18 Å². The highest BCUT2D eigenvalue weighted by Gasteiger charge is 2.31. The molecule has 0 aliphatic carbocycles. The molecule has 3 heterocycles. The van der Waals surface area contributed by atoms with Gasteiger partial charge in [0, 0.05) is 25.2 Å². The van der Waals surface area contributed by atoms with Crippen LogP contribution in [0.3, 0.4) is 0 Å². The molecule has 2 N–H and O–H groups in total. The zero-order valence-corrected chi connectivity index (χ0v) is 15.1. The van der Waals surface area contributed by atoms with E-state index in [2.05, 4.69) is 20.8 Å². The van der Waals surface area contributed by atoms with Crippen molar-refractivity contribution < 1.29 is 22.7 Å². The van der Waals surface area contributed by atoms with E-state index in [1.165, 1.54) is 10.5 Å². The fourth-order valence-corrected chi connectivity index (χ4v) is 2.45. The van der Waals surface area contributed by atoms with Gasteiger partial charge in [-0.05, 0) is 12.1 Å². The second kappa shape index (κ2) is 9.36. The molecule has 1 unspecified atom stereocenters. The Bertz CT molecular complexity index is 735. The minimum atomic E-state index is -4.45. The lowest BCUT2D eigenvalue weighted by Crippen LogP contribution is -2.44. The fraction of sp³-hybridized carbons (Fsp3) is 0.500. The maximum atomic E-state index is 12.8. The van der Waals surface area contributed by atoms with E-state index < -0.39 is 11.7 Å². The number of nitrogens with one attached hydrogen (secondary N) is 2. The Morgan fingerprint density at radius 2 is 2.12 bits per heavy atom. The molecule has 0 radical (unpaired) electrons. The molecule has 1 fully saturated rings. The maximum absolute atomic E-state index is 12.8. The number of alkyl halides is 3. The molecule has 0 spiro atoms. The molecule has 7 nitrogen and oxygen atoms in total. The van der Waals surface area contributed by atoms with Crippen LogP contribution in [0.1, 0.15) is 17.8 Å². The summed E-state index contributed by atoms with van der Waals surface area (Å²) < 4.78 is 44.8. The summed E-state index contributed by atoms with van der Waals surface area (Å²) >= 11 is 0. The molecule has 2 aromatic heterocycles. The number of carbonyl (C=O) groups excluding carboxylic acids is 1. The van der Waals surface area contributed by atoms with Gasteiger partial charge in [-0.1, -0.05) is 0 Å². The van der Waals surface area contributed by atoms with Gasteiger partial charge < -0.3 is 15.4 Å². The van der Waals surface area contributed by atoms with Crippen LogP contribution in [-0.2, 0) is 22.3 Å². The molecular weight excluding hydrogens is 398 g/mol. The predicted octanol–water partition coefficient (Wildman–Crippen LogP) is 1.59. The second-order valence-electron chi connectivity index (χ2n) is 5.47. The third kappa shape index (κ3) is 5.44. The number of morpholine rings is 1. The number of rotatable bonds is 4. The highest BCUT2D eigenvalue weighted by Crippen LogP contribution is 2.29. The number of halogens is 5. The zero-order valence-electron chi connectivity index (χ0n) is 13.5. The number of pyridine rings is 1. The average Bonchev–Trinajstić information content (AvgIpc) is 2.95. The third-order valence-corrected chi connectivity index (χ3v) is 3.67. The smallest absolute Gasteiger partial charge is 0.378 e. The Balaban J connectivity index is 0.00000169. The van der Waals surface area contributed by atoms with Crippen LogP contribution < -0.4 is 10.6 Å². The number of hydrogen-bond donors (Lipinski definition) is 2. The van der Waals surface area contributed by atoms with Crippen LogP contribution in [0, 0.1) is 0 Å². The molecule has 1 saturated heterocycles. The Hall–Kier alpha value is -1.62. The van der Waals surface area contributed by atoms with Crippen molar-refractivity contribution in [3.63, 3.8) is 0 Å². The SMILES string of the molecule is Cl.Cl.O=C(CC1COCCN1)NCc1nnc2ccc(C(F)(F)F)cn12. The number of nitrogens with zero attached hydrogens (tertiary/aromatic N) is 3. The summed E-state index contributed by atoms with van der Waals surface area (Å²) in [4.78, 5) is 11.9. The lowest BCUT2D eigenvalue weighted by Gasteiger charge is -2.23. The van der Waals surface area contributed by atoms with Crippen molar-refractivity contribution in [3.05, 3.63) is 29.7 Å². The summed E-state index contributed by atoms with van der Waals surface area (Å²) in [6.07, 6.45) is -3.30. The molecule has 146 valence electrons. The van der Waals surface area contributed by atoms with Crippen LogP contribution in [-0.4, -0.2) is 46.3 Å². The summed E-state index contributed by atoms with van der Waals surface area (Å²) in [6, 6.07) is 2.12. The number of aromatic nitrogens is 3. The van der Waals surface area contributed by atoms with Gasteiger partial charge in [0.05, 0.1) is 25.3 Å². The summed E-state index contributed by atoms with van der Waals surface area (Å²) in [6.45, 7) is 1.75. The van der Waals surface area contributed by atoms with Crippen LogP contribution in [0.25, 0.3) is 5.65 Å². The number of carbonyl (C=O) groups is 1. The number of fused-ring (bicyclic) bond motifs is 1. The summed E-state index contributed by atoms with van der Waals surface area (Å²) in [7, 11) is 0. The van der Waals surface area contributed by atoms with Crippen LogP contribution in [0.4, 0.5) is 13.2 Å². The van der Waals surface area contributed by atoms with Gasteiger partial charge in [0.25, 0.3) is 0 Å². The van der Waals surface area contributed by atoms with Crippen molar-refractivity contribution in [2.45, 2.75) is 25.2 Å². The number of hydrogen-bond acceptors (Lipinski definition) is 5. The van der Waals surface area contributed by atoms with Crippen LogP contribution >= 0.6 is 24.8 Å². The predicted molar refractivity (Wildman–Crippen MR) is 91.6 cm³/mol. The van der Waals surface area contributed by atoms with Gasteiger partial charge in [0.2, 0.25) is 5.91 Å². The van der Waals surface area contributed by atoms with E-state index in [0.29, 0.717) is 19.8 Å². The first kappa shape index (κ1) is 22.4. The van der Waals surface area contributed by atoms with Gasteiger partial charge in [0.15, 0.2) is 11.5 Å². The fourth-order valence-electron chi connectivity index (χ4n) is 2.45. The third-order valence-electron chi connectivity index (χ3n) is 3.67. The van der Waals surface area contributed by atoms with E-state index in [0.717, 1.165) is 12.3 Å². The first-order chi connectivity index (χ1) is 11.4. The summed E-state index contributed by atoms with van der Waals surface area (Å²) in [5, 5.41) is 13.4. The lowest BCUT2D eigenvalue weighted by atomic mass is 10.2. The van der Waals surface area contributed by atoms with Crippen LogP contribution in [0.5, 0.6) is 0 Å². The van der Waals surface area contributed by atoms with E-state index in [1.54, 1.807) is 0 Å². The van der Waals surface area contributed by atoms with Gasteiger partial charge in [-0.25, -0.2) is 0 Å². The summed E-state index contributed by atoms with van der Waals surface area (Å²) in [5.41, 5.74) is -0.513. The zero-order chi connectivity index (χ0) is 17.2. The summed E-state index contributed by atoms with van der Waals surface area (Å²) in [5.74, 6) is -0.000899. The van der Waals surface area contributed by atoms with Crippen LogP contribution in [0.2, 0.25) is 0 Å². The van der Waals surface area contributed by atoms with Crippen molar-refractivity contribution in [1.82, 2.24) is 25.2 Å². The molecule has 3 rings (SSSR count). The van der Waals surface area contributed by atoms with Crippen molar-refractivity contribution in [2.24, 2.45) is 0 Å². The van der Waals surface area contributed by atoms with Crippen molar-refractivity contribution in [3.8, 4) is 0 Å². The normalized spacial score (nSPS) is 17.3. The quantitative estimate of drug-likeness (QED) is 0.792. The minimum Gasteiger partial charge on any atom is -0.378 e. The topological polar surface area (TPSA) is 80.5 Å². The molecule has 0 bridgehead atoms. The molecular formula is C14H18Cl2F3N5O2. The first-order valence-corrected chi connectivity index (χ1v) is 7.42. The van der Waals surface area contributed by atoms with Crippen molar-refractivity contribution in [1.29, 1.82) is 0 Å². The highest BCUT2D eigenvalue weighted by atomic mass is 35.5. The number of ether oxygens (including phenoxy) is 1. The average molecular weight is 416 g/mol. The molecule has 0 aromatic carbocycles. The standard InChI is InChI=1S/C14H16F3N5O2.2ClH/c15-14(16,17)9-1-2-11-20-21-12(22(11)7-9)6-19-13(23)5-10-8-24-4-3-18-10;;/h1-2,7,10,18H,3-6,8H2,(H,19,23);2*1H. The molecule has 1 aliphatic rings. The van der Waals surface area contributed by atoms with E-state index in [4.69, 9.17) is 4.74 Å². The minimum absolute atomic E-state index is 0.